The van der Waals surface area contributed by atoms with Crippen molar-refractivity contribution >= 4 is 22.9 Å². The van der Waals surface area contributed by atoms with Crippen LogP contribution in [-0.2, 0) is 6.54 Å². The van der Waals surface area contributed by atoms with E-state index in [0.717, 1.165) is 22.6 Å². The fourth-order valence-electron chi connectivity index (χ4n) is 3.31. The second kappa shape index (κ2) is 6.70. The summed E-state index contributed by atoms with van der Waals surface area (Å²) in [5.74, 6) is 0.871. The van der Waals surface area contributed by atoms with E-state index in [1.54, 1.807) is 11.0 Å². The minimum absolute atomic E-state index is 0.0816. The van der Waals surface area contributed by atoms with E-state index in [1.165, 1.54) is 0 Å². The van der Waals surface area contributed by atoms with Gasteiger partial charge in [-0.1, -0.05) is 22.9 Å². The molecular formula is C18H21N7O. The molecule has 0 radical (unpaired) electrons. The molecule has 0 N–H and O–H groups in total. The zero-order chi connectivity index (χ0) is 18.1. The van der Waals surface area contributed by atoms with Crippen molar-refractivity contribution in [3.05, 3.63) is 41.7 Å². The van der Waals surface area contributed by atoms with Crippen LogP contribution in [0.15, 0.2) is 30.6 Å². The Morgan fingerprint density at radius 3 is 2.69 bits per heavy atom. The quantitative estimate of drug-likeness (QED) is 0.712. The van der Waals surface area contributed by atoms with Crippen LogP contribution >= 0.6 is 0 Å². The predicted molar refractivity (Wildman–Crippen MR) is 98.1 cm³/mol. The Kier molecular flexibility index (Phi) is 4.24. The molecule has 0 atom stereocenters. The van der Waals surface area contributed by atoms with Crippen LogP contribution in [0.25, 0.3) is 11.2 Å². The third-order valence-corrected chi connectivity index (χ3v) is 4.71. The molecule has 1 aliphatic rings. The van der Waals surface area contributed by atoms with Gasteiger partial charge in [0.05, 0.1) is 0 Å². The summed E-state index contributed by atoms with van der Waals surface area (Å²) in [5, 5.41) is 8.38. The minimum Gasteiger partial charge on any atom is -0.351 e. The number of anilines is 1. The first-order chi connectivity index (χ1) is 12.7. The van der Waals surface area contributed by atoms with Gasteiger partial charge in [0.1, 0.15) is 6.33 Å². The Bertz CT molecular complexity index is 944. The Labute approximate surface area is 151 Å². The number of hydrogen-bond acceptors (Lipinski definition) is 6. The molecule has 0 saturated carbocycles. The fraction of sp³-hybridized carbons (Fsp3) is 0.389. The first-order valence-electron chi connectivity index (χ1n) is 8.82. The van der Waals surface area contributed by atoms with Gasteiger partial charge in [0, 0.05) is 38.3 Å². The molecule has 1 aromatic carbocycles. The van der Waals surface area contributed by atoms with Gasteiger partial charge >= 0.3 is 0 Å². The maximum absolute atomic E-state index is 12.7. The van der Waals surface area contributed by atoms with E-state index >= 15 is 0 Å². The zero-order valence-corrected chi connectivity index (χ0v) is 15.0. The molecule has 0 bridgehead atoms. The van der Waals surface area contributed by atoms with Crippen molar-refractivity contribution in [1.82, 2.24) is 29.9 Å². The molecule has 3 aromatic rings. The van der Waals surface area contributed by atoms with Gasteiger partial charge in [-0.3, -0.25) is 4.79 Å². The molecule has 134 valence electrons. The minimum atomic E-state index is 0.0816. The number of fused-ring (bicyclic) bond motifs is 1. The van der Waals surface area contributed by atoms with Crippen molar-refractivity contribution in [1.29, 1.82) is 0 Å². The number of piperazine rings is 1. The lowest BCUT2D eigenvalue weighted by atomic mass is 10.1. The molecule has 0 aliphatic carbocycles. The number of carbonyl (C=O) groups excluding carboxylic acids is 1. The number of rotatable bonds is 3. The average molecular weight is 351 g/mol. The highest BCUT2D eigenvalue weighted by atomic mass is 16.2. The second-order valence-corrected chi connectivity index (χ2v) is 6.42. The molecule has 1 aliphatic heterocycles. The van der Waals surface area contributed by atoms with Crippen LogP contribution in [0.3, 0.4) is 0 Å². The summed E-state index contributed by atoms with van der Waals surface area (Å²) < 4.78 is 1.76. The topological polar surface area (TPSA) is 80.0 Å². The lowest BCUT2D eigenvalue weighted by Gasteiger charge is -2.35. The van der Waals surface area contributed by atoms with E-state index in [1.807, 2.05) is 43.0 Å². The van der Waals surface area contributed by atoms with Crippen molar-refractivity contribution < 1.29 is 4.79 Å². The summed E-state index contributed by atoms with van der Waals surface area (Å²) in [5.41, 5.74) is 3.30. The summed E-state index contributed by atoms with van der Waals surface area (Å²) in [6.45, 7) is 7.45. The van der Waals surface area contributed by atoms with E-state index < -0.39 is 0 Å². The van der Waals surface area contributed by atoms with Gasteiger partial charge < -0.3 is 9.80 Å². The van der Waals surface area contributed by atoms with Gasteiger partial charge in [-0.2, -0.15) is 0 Å². The van der Waals surface area contributed by atoms with Crippen LogP contribution in [0.4, 0.5) is 5.82 Å². The molecular weight excluding hydrogens is 330 g/mol. The van der Waals surface area contributed by atoms with Gasteiger partial charge in [-0.25, -0.2) is 14.6 Å². The largest absolute Gasteiger partial charge is 0.351 e. The first kappa shape index (κ1) is 16.4. The Balaban J connectivity index is 1.50. The molecule has 8 heteroatoms. The van der Waals surface area contributed by atoms with E-state index in [-0.39, 0.29) is 5.91 Å². The van der Waals surface area contributed by atoms with Crippen LogP contribution in [0.2, 0.25) is 0 Å². The monoisotopic (exact) mass is 351 g/mol. The number of carbonyl (C=O) groups is 1. The molecule has 0 spiro atoms. The highest BCUT2D eigenvalue weighted by molar-refractivity contribution is 5.94. The maximum atomic E-state index is 12.7. The summed E-state index contributed by atoms with van der Waals surface area (Å²) in [4.78, 5) is 25.5. The maximum Gasteiger partial charge on any atom is 0.253 e. The summed E-state index contributed by atoms with van der Waals surface area (Å²) in [7, 11) is 0. The number of aryl methyl sites for hydroxylation is 2. The fourth-order valence-corrected chi connectivity index (χ4v) is 3.31. The molecule has 4 rings (SSSR count). The normalized spacial score (nSPS) is 14.8. The van der Waals surface area contributed by atoms with Crippen molar-refractivity contribution in [2.24, 2.45) is 0 Å². The van der Waals surface area contributed by atoms with Gasteiger partial charge in [0.15, 0.2) is 17.0 Å². The van der Waals surface area contributed by atoms with E-state index in [4.69, 9.17) is 0 Å². The standard InChI is InChI=1S/C18H21N7O/c1-3-25-17-15(21-22-25)16(19-12-20-17)23-7-9-24(10-8-23)18(26)14-6-4-5-13(2)11-14/h4-6,11-12H,3,7-10H2,1-2H3. The van der Waals surface area contributed by atoms with E-state index in [2.05, 4.69) is 25.2 Å². The van der Waals surface area contributed by atoms with Crippen LogP contribution in [0.5, 0.6) is 0 Å². The number of hydrogen-bond donors (Lipinski definition) is 0. The van der Waals surface area contributed by atoms with Gasteiger partial charge in [0.2, 0.25) is 0 Å². The van der Waals surface area contributed by atoms with Crippen molar-refractivity contribution in [3.8, 4) is 0 Å². The smallest absolute Gasteiger partial charge is 0.253 e. The molecule has 2 aromatic heterocycles. The summed E-state index contributed by atoms with van der Waals surface area (Å²) >= 11 is 0. The molecule has 1 amide bonds. The van der Waals surface area contributed by atoms with Gasteiger partial charge in [-0.15, -0.1) is 5.10 Å². The molecule has 3 heterocycles. The molecule has 1 saturated heterocycles. The lowest BCUT2D eigenvalue weighted by Crippen LogP contribution is -2.49. The lowest BCUT2D eigenvalue weighted by molar-refractivity contribution is 0.0746. The van der Waals surface area contributed by atoms with Crippen molar-refractivity contribution in [2.45, 2.75) is 20.4 Å². The molecule has 26 heavy (non-hydrogen) atoms. The van der Waals surface area contributed by atoms with Gasteiger partial charge in [-0.05, 0) is 26.0 Å². The van der Waals surface area contributed by atoms with Crippen LogP contribution in [0, 0.1) is 6.92 Å². The third kappa shape index (κ3) is 2.87. The summed E-state index contributed by atoms with van der Waals surface area (Å²) in [6, 6.07) is 7.73. The average Bonchev–Trinajstić information content (AvgIpc) is 3.11. The highest BCUT2D eigenvalue weighted by Crippen LogP contribution is 2.22. The Morgan fingerprint density at radius 2 is 1.96 bits per heavy atom. The van der Waals surface area contributed by atoms with E-state index in [0.29, 0.717) is 38.2 Å². The Hall–Kier alpha value is -3.03. The third-order valence-electron chi connectivity index (χ3n) is 4.71. The van der Waals surface area contributed by atoms with Crippen molar-refractivity contribution in [3.63, 3.8) is 0 Å². The van der Waals surface area contributed by atoms with E-state index in [9.17, 15) is 4.79 Å². The number of amides is 1. The second-order valence-electron chi connectivity index (χ2n) is 6.42. The number of benzene rings is 1. The van der Waals surface area contributed by atoms with Crippen LogP contribution in [0.1, 0.15) is 22.8 Å². The Morgan fingerprint density at radius 1 is 1.15 bits per heavy atom. The SMILES string of the molecule is CCn1nnc2c(N3CCN(C(=O)c4cccc(C)c4)CC3)ncnc21. The molecule has 1 fully saturated rings. The molecule has 8 nitrogen and oxygen atoms in total. The van der Waals surface area contributed by atoms with Crippen molar-refractivity contribution in [2.75, 3.05) is 31.1 Å². The van der Waals surface area contributed by atoms with Crippen LogP contribution < -0.4 is 4.90 Å². The highest BCUT2D eigenvalue weighted by Gasteiger charge is 2.25. The predicted octanol–water partition coefficient (Wildman–Crippen LogP) is 1.51. The number of aromatic nitrogens is 5. The van der Waals surface area contributed by atoms with Gasteiger partial charge in [0.25, 0.3) is 5.91 Å². The summed E-state index contributed by atoms with van der Waals surface area (Å²) in [6.07, 6.45) is 1.55. The van der Waals surface area contributed by atoms with Crippen LogP contribution in [-0.4, -0.2) is 61.9 Å². The first-order valence-corrected chi connectivity index (χ1v) is 8.82. The molecule has 0 unspecified atom stereocenters. The number of nitrogens with zero attached hydrogens (tertiary/aromatic N) is 7. The zero-order valence-electron chi connectivity index (χ0n) is 15.0.